The van der Waals surface area contributed by atoms with Gasteiger partial charge in [0.1, 0.15) is 24.6 Å². The van der Waals surface area contributed by atoms with Crippen molar-refractivity contribution in [2.45, 2.75) is 77.4 Å². The van der Waals surface area contributed by atoms with Crippen LogP contribution in [0.3, 0.4) is 0 Å². The number of carbonyl (C=O) groups is 6. The van der Waals surface area contributed by atoms with Gasteiger partial charge in [0.15, 0.2) is 0 Å². The van der Waals surface area contributed by atoms with Crippen LogP contribution in [0, 0.1) is 30.1 Å². The molecule has 47 heavy (non-hydrogen) atoms. The zero-order chi connectivity index (χ0) is 33.9. The van der Waals surface area contributed by atoms with Crippen molar-refractivity contribution in [3.8, 4) is 0 Å². The van der Waals surface area contributed by atoms with Gasteiger partial charge in [0, 0.05) is 31.4 Å². The van der Waals surface area contributed by atoms with E-state index < -0.39 is 52.4 Å². The number of carboxylic acids is 1. The van der Waals surface area contributed by atoms with E-state index in [1.807, 2.05) is 0 Å². The summed E-state index contributed by atoms with van der Waals surface area (Å²) >= 11 is 0. The van der Waals surface area contributed by atoms with Crippen molar-refractivity contribution in [2.75, 3.05) is 11.9 Å². The first-order valence-corrected chi connectivity index (χ1v) is 15.8. The number of carboxylic acid groups (broad SMARTS) is 1. The third-order valence-corrected chi connectivity index (χ3v) is 9.68. The van der Waals surface area contributed by atoms with E-state index in [0.717, 1.165) is 17.4 Å². The molecule has 2 heterocycles. The van der Waals surface area contributed by atoms with Crippen molar-refractivity contribution < 1.29 is 33.9 Å². The van der Waals surface area contributed by atoms with E-state index in [0.29, 0.717) is 30.9 Å². The van der Waals surface area contributed by atoms with Gasteiger partial charge in [-0.2, -0.15) is 0 Å². The van der Waals surface area contributed by atoms with Gasteiger partial charge >= 0.3 is 5.97 Å². The molecule has 4 fully saturated rings. The highest BCUT2D eigenvalue weighted by atomic mass is 16.4. The van der Waals surface area contributed by atoms with Crippen molar-refractivity contribution in [3.05, 3.63) is 52.5 Å². The molecule has 15 nitrogen and oxygen atoms in total. The summed E-state index contributed by atoms with van der Waals surface area (Å²) in [4.78, 5) is 97.0. The summed E-state index contributed by atoms with van der Waals surface area (Å²) in [6.07, 6.45) is 6.87. The highest BCUT2D eigenvalue weighted by Crippen LogP contribution is 2.60. The quantitative estimate of drug-likeness (QED) is 0.190. The fourth-order valence-electron chi connectivity index (χ4n) is 7.65. The Morgan fingerprint density at radius 3 is 2.49 bits per heavy atom. The number of Topliss-reactive ketones (excluding diaryl/α,β-unsaturated/α-hetero) is 1. The molecular weight excluding hydrogens is 610 g/mol. The zero-order valence-electron chi connectivity index (χ0n) is 26.3. The minimum absolute atomic E-state index is 0.0713. The van der Waals surface area contributed by atoms with Gasteiger partial charge in [0.2, 0.25) is 17.6 Å². The van der Waals surface area contributed by atoms with Crippen LogP contribution < -0.4 is 26.8 Å². The molecule has 0 radical (unpaired) electrons. The second kappa shape index (κ2) is 13.8. The molecular formula is C32H39N7O8. The van der Waals surface area contributed by atoms with Crippen LogP contribution in [0.25, 0.3) is 0 Å². The van der Waals surface area contributed by atoms with Gasteiger partial charge in [-0.1, -0.05) is 0 Å². The lowest BCUT2D eigenvalue weighted by molar-refractivity contribution is -0.167. The van der Waals surface area contributed by atoms with Gasteiger partial charge in [0.05, 0.1) is 16.7 Å². The van der Waals surface area contributed by atoms with Crippen molar-refractivity contribution in [2.24, 2.45) is 23.2 Å². The zero-order valence-corrected chi connectivity index (χ0v) is 26.3. The van der Waals surface area contributed by atoms with Crippen LogP contribution in [0.2, 0.25) is 0 Å². The van der Waals surface area contributed by atoms with E-state index in [1.54, 1.807) is 13.8 Å². The van der Waals surface area contributed by atoms with E-state index in [1.165, 1.54) is 30.9 Å². The minimum atomic E-state index is -1.32. The molecule has 4 bridgehead atoms. The van der Waals surface area contributed by atoms with E-state index in [4.69, 9.17) is 0 Å². The fraction of sp³-hybridized carbons (Fsp3) is 0.531. The van der Waals surface area contributed by atoms with Crippen LogP contribution in [0.1, 0.15) is 67.9 Å². The Morgan fingerprint density at radius 1 is 1.11 bits per heavy atom. The average molecular weight is 650 g/mol. The maximum absolute atomic E-state index is 13.4. The van der Waals surface area contributed by atoms with Crippen molar-refractivity contribution in [3.63, 3.8) is 0 Å². The molecule has 250 valence electrons. The van der Waals surface area contributed by atoms with Gasteiger partial charge < -0.3 is 30.9 Å². The summed E-state index contributed by atoms with van der Waals surface area (Å²) < 4.78 is 1.15. The first kappa shape index (κ1) is 33.4. The monoisotopic (exact) mass is 649 g/mol. The van der Waals surface area contributed by atoms with Gasteiger partial charge in [0.25, 0.3) is 17.4 Å². The normalized spacial score (nSPS) is 24.6. The molecule has 0 aliphatic heterocycles. The number of nitrogens with one attached hydrogen (secondary N) is 4. The number of anilines is 1. The predicted molar refractivity (Wildman–Crippen MR) is 166 cm³/mol. The molecule has 15 heteroatoms. The molecule has 2 aromatic rings. The molecule has 3 atom stereocenters. The molecule has 4 aliphatic carbocycles. The van der Waals surface area contributed by atoms with Crippen LogP contribution in [0.15, 0.2) is 35.6 Å². The van der Waals surface area contributed by atoms with Gasteiger partial charge in [-0.3, -0.25) is 33.6 Å². The summed E-state index contributed by atoms with van der Waals surface area (Å²) in [5.41, 5.74) is -1.07. The van der Waals surface area contributed by atoms with Crippen molar-refractivity contribution >= 4 is 41.1 Å². The van der Waals surface area contributed by atoms with E-state index in [9.17, 15) is 38.7 Å². The molecule has 4 saturated carbocycles. The Balaban J connectivity index is 1.26. The molecule has 0 spiro atoms. The third kappa shape index (κ3) is 7.23. The Kier molecular flexibility index (Phi) is 9.82. The number of hydrogen-bond donors (Lipinski definition) is 5. The fourth-order valence-corrected chi connectivity index (χ4v) is 7.65. The summed E-state index contributed by atoms with van der Waals surface area (Å²) in [5, 5.41) is 20.4. The summed E-state index contributed by atoms with van der Waals surface area (Å²) in [7, 11) is 0. The van der Waals surface area contributed by atoms with Crippen LogP contribution in [0.4, 0.5) is 5.69 Å². The lowest BCUT2D eigenvalue weighted by Crippen LogP contribution is -2.61. The molecule has 4 amide bonds. The van der Waals surface area contributed by atoms with Crippen molar-refractivity contribution in [1.82, 2.24) is 30.5 Å². The SMILES string of the molecule is CCNC(=O)C(=O)CC[C@H](NC(=O)c1cncnc1C)C(=O)Nc1cccn(CC(=O)NC2C3CC4CC2CC(C(=O)O)(C4)C3)c1=O. The first-order valence-electron chi connectivity index (χ1n) is 15.8. The first-order chi connectivity index (χ1) is 22.4. The molecule has 5 N–H and O–H groups in total. The lowest BCUT2D eigenvalue weighted by Gasteiger charge is -2.58. The third-order valence-electron chi connectivity index (χ3n) is 9.68. The smallest absolute Gasteiger partial charge is 0.309 e. The van der Waals surface area contributed by atoms with Crippen molar-refractivity contribution in [1.29, 1.82) is 0 Å². The molecule has 2 unspecified atom stereocenters. The second-order valence-corrected chi connectivity index (χ2v) is 12.9. The highest BCUT2D eigenvalue weighted by Gasteiger charge is 2.58. The Morgan fingerprint density at radius 2 is 1.83 bits per heavy atom. The minimum Gasteiger partial charge on any atom is -0.481 e. The van der Waals surface area contributed by atoms with E-state index in [-0.39, 0.29) is 55.1 Å². The predicted octanol–water partition coefficient (Wildman–Crippen LogP) is 0.565. The number of aromatic nitrogens is 3. The number of amides is 4. The second-order valence-electron chi connectivity index (χ2n) is 12.9. The average Bonchev–Trinajstić information content (AvgIpc) is 3.02. The van der Waals surface area contributed by atoms with Crippen LogP contribution in [-0.2, 0) is 30.5 Å². The van der Waals surface area contributed by atoms with Gasteiger partial charge in [-0.05, 0) is 82.3 Å². The number of nitrogens with zero attached hydrogens (tertiary/aromatic N) is 3. The van der Waals surface area contributed by atoms with E-state index >= 15 is 0 Å². The molecule has 0 saturated heterocycles. The number of likely N-dealkylation sites (N-methyl/N-ethyl adjacent to an activating group) is 1. The number of aliphatic carboxylic acids is 1. The number of pyridine rings is 1. The summed E-state index contributed by atoms with van der Waals surface area (Å²) in [6, 6.07) is 1.37. The lowest BCUT2D eigenvalue weighted by atomic mass is 9.48. The van der Waals surface area contributed by atoms with Crippen LogP contribution in [0.5, 0.6) is 0 Å². The summed E-state index contributed by atoms with van der Waals surface area (Å²) in [5.74, 6) is -3.74. The largest absolute Gasteiger partial charge is 0.481 e. The molecule has 6 rings (SSSR count). The van der Waals surface area contributed by atoms with Crippen LogP contribution in [-0.4, -0.2) is 73.7 Å². The number of carbonyl (C=O) groups excluding carboxylic acids is 5. The van der Waals surface area contributed by atoms with Crippen LogP contribution >= 0.6 is 0 Å². The van der Waals surface area contributed by atoms with Gasteiger partial charge in [-0.15, -0.1) is 0 Å². The summed E-state index contributed by atoms with van der Waals surface area (Å²) in [6.45, 7) is 3.16. The Hall–Kier alpha value is -4.95. The molecule has 4 aliphatic rings. The Bertz CT molecular complexity index is 1640. The molecule has 0 aromatic carbocycles. The number of rotatable bonds is 13. The van der Waals surface area contributed by atoms with Gasteiger partial charge in [-0.25, -0.2) is 9.97 Å². The Labute approximate surface area is 270 Å². The number of hydrogen-bond acceptors (Lipinski definition) is 9. The van der Waals surface area contributed by atoms with E-state index in [2.05, 4.69) is 31.2 Å². The topological polar surface area (TPSA) is 219 Å². The standard InChI is InChI=1S/C32H39N7O8/c1-3-34-29(44)24(40)7-6-22(36-27(42)21-14-33-16-35-17(21)2)28(43)37-23-5-4-8-39(30(23)45)15-25(41)38-26-19-9-18-10-20(26)13-32(11-18,12-19)31(46)47/h4-5,8,14,16,18-20,22,26H,3,6-7,9-13,15H2,1-2H3,(H,34,44)(H,36,42)(H,37,43)(H,38,41)(H,46,47)/t18?,19?,20?,22-,26?,32?/m0/s1. The maximum Gasteiger partial charge on any atom is 0.309 e. The highest BCUT2D eigenvalue weighted by molar-refractivity contribution is 6.36. The molecule has 2 aromatic heterocycles. The maximum atomic E-state index is 13.4. The number of aryl methyl sites for hydroxylation is 1. The number of ketones is 1.